The van der Waals surface area contributed by atoms with E-state index >= 15 is 0 Å². The number of piperidine rings is 1. The fourth-order valence-electron chi connectivity index (χ4n) is 3.93. The molecule has 7 heteroatoms. The molecule has 28 heavy (non-hydrogen) atoms. The first kappa shape index (κ1) is 19.0. The van der Waals surface area contributed by atoms with Gasteiger partial charge in [0.25, 0.3) is 0 Å². The van der Waals surface area contributed by atoms with Crippen molar-refractivity contribution in [1.82, 2.24) is 4.90 Å². The molecule has 1 aliphatic carbocycles. The lowest BCUT2D eigenvalue weighted by Crippen LogP contribution is -2.43. The molecule has 0 bridgehead atoms. The molecular formula is C21H26N2O5. The van der Waals surface area contributed by atoms with Gasteiger partial charge in [-0.05, 0) is 62.4 Å². The number of fused-ring (bicyclic) bond motifs is 1. The molecule has 1 aliphatic heterocycles. The maximum absolute atomic E-state index is 11.8. The third-order valence-corrected chi connectivity index (χ3v) is 5.67. The quantitative estimate of drug-likeness (QED) is 0.700. The molecule has 1 unspecified atom stereocenters. The van der Waals surface area contributed by atoms with Crippen LogP contribution in [0.5, 0.6) is 5.75 Å². The number of β-amino-alcohol motifs (C(OH)–C–C–N with tert-alkyl or cyclic N) is 1. The SMILES string of the molecule is NC(=O)C1CCN(CC(O)COc2ccc3c(C4CC4)cc(=O)oc3c2)CC1. The highest BCUT2D eigenvalue weighted by atomic mass is 16.5. The van der Waals surface area contributed by atoms with Gasteiger partial charge in [-0.25, -0.2) is 4.79 Å². The van der Waals surface area contributed by atoms with Crippen molar-refractivity contribution in [3.8, 4) is 5.75 Å². The molecule has 2 fully saturated rings. The van der Waals surface area contributed by atoms with Crippen LogP contribution in [0, 0.1) is 5.92 Å². The van der Waals surface area contributed by atoms with Crippen molar-refractivity contribution in [2.45, 2.75) is 37.7 Å². The third kappa shape index (κ3) is 4.36. The first-order chi connectivity index (χ1) is 13.5. The summed E-state index contributed by atoms with van der Waals surface area (Å²) in [5, 5.41) is 11.2. The zero-order valence-corrected chi connectivity index (χ0v) is 15.8. The van der Waals surface area contributed by atoms with Gasteiger partial charge in [0.1, 0.15) is 24.0 Å². The summed E-state index contributed by atoms with van der Waals surface area (Å²) < 4.78 is 11.1. The number of primary amides is 1. The molecule has 0 radical (unpaired) electrons. The zero-order chi connectivity index (χ0) is 19.7. The topological polar surface area (TPSA) is 106 Å². The smallest absolute Gasteiger partial charge is 0.336 e. The molecule has 1 aromatic heterocycles. The summed E-state index contributed by atoms with van der Waals surface area (Å²) in [4.78, 5) is 25.2. The van der Waals surface area contributed by atoms with Gasteiger partial charge in [0.05, 0.1) is 0 Å². The number of aliphatic hydroxyl groups is 1. The van der Waals surface area contributed by atoms with E-state index in [1.165, 1.54) is 0 Å². The molecule has 1 aromatic carbocycles. The molecule has 2 aliphatic rings. The normalized spacial score (nSPS) is 19.6. The number of hydrogen-bond donors (Lipinski definition) is 2. The monoisotopic (exact) mass is 386 g/mol. The van der Waals surface area contributed by atoms with E-state index in [1.54, 1.807) is 12.1 Å². The molecule has 2 aromatic rings. The lowest BCUT2D eigenvalue weighted by Gasteiger charge is -2.31. The minimum atomic E-state index is -0.648. The van der Waals surface area contributed by atoms with Crippen molar-refractivity contribution in [3.05, 3.63) is 40.2 Å². The predicted octanol–water partition coefficient (Wildman–Crippen LogP) is 1.61. The maximum Gasteiger partial charge on any atom is 0.336 e. The fourth-order valence-corrected chi connectivity index (χ4v) is 3.93. The Balaban J connectivity index is 1.34. The number of carbonyl (C=O) groups excluding carboxylic acids is 1. The summed E-state index contributed by atoms with van der Waals surface area (Å²) in [5.41, 5.74) is 6.58. The number of carbonyl (C=O) groups is 1. The van der Waals surface area contributed by atoms with Crippen molar-refractivity contribution in [2.75, 3.05) is 26.2 Å². The molecule has 0 spiro atoms. The Kier molecular flexibility index (Phi) is 5.37. The van der Waals surface area contributed by atoms with Gasteiger partial charge in [0.15, 0.2) is 0 Å². The average molecular weight is 386 g/mol. The van der Waals surface area contributed by atoms with E-state index in [9.17, 15) is 14.7 Å². The van der Waals surface area contributed by atoms with Crippen LogP contribution < -0.4 is 16.1 Å². The van der Waals surface area contributed by atoms with Crippen LogP contribution >= 0.6 is 0 Å². The number of amides is 1. The summed E-state index contributed by atoms with van der Waals surface area (Å²) in [6.45, 7) is 2.12. The van der Waals surface area contributed by atoms with E-state index in [2.05, 4.69) is 4.90 Å². The molecule has 1 atom stereocenters. The van der Waals surface area contributed by atoms with Crippen molar-refractivity contribution in [3.63, 3.8) is 0 Å². The van der Waals surface area contributed by atoms with Crippen LogP contribution in [0.1, 0.15) is 37.2 Å². The minimum Gasteiger partial charge on any atom is -0.491 e. The second kappa shape index (κ2) is 7.93. The molecule has 3 N–H and O–H groups in total. The molecule has 2 heterocycles. The van der Waals surface area contributed by atoms with Crippen LogP contribution in [0.2, 0.25) is 0 Å². The zero-order valence-electron chi connectivity index (χ0n) is 15.8. The number of nitrogens with two attached hydrogens (primary N) is 1. The van der Waals surface area contributed by atoms with Gasteiger partial charge >= 0.3 is 5.63 Å². The summed E-state index contributed by atoms with van der Waals surface area (Å²) in [5.74, 6) is 0.725. The average Bonchev–Trinajstić information content (AvgIpc) is 3.51. The lowest BCUT2D eigenvalue weighted by atomic mass is 9.96. The third-order valence-electron chi connectivity index (χ3n) is 5.67. The van der Waals surface area contributed by atoms with Crippen LogP contribution in [-0.4, -0.2) is 48.3 Å². The number of ether oxygens (including phenoxy) is 1. The van der Waals surface area contributed by atoms with Crippen LogP contribution in [0.25, 0.3) is 11.0 Å². The Morgan fingerprint density at radius 1 is 1.25 bits per heavy atom. The molecule has 150 valence electrons. The first-order valence-electron chi connectivity index (χ1n) is 9.90. The Morgan fingerprint density at radius 2 is 2.00 bits per heavy atom. The Labute approximate surface area is 163 Å². The van der Waals surface area contributed by atoms with Gasteiger partial charge < -0.3 is 24.9 Å². The fraction of sp³-hybridized carbons (Fsp3) is 0.524. The van der Waals surface area contributed by atoms with E-state index in [4.69, 9.17) is 14.9 Å². The predicted molar refractivity (Wildman–Crippen MR) is 104 cm³/mol. The summed E-state index contributed by atoms with van der Waals surface area (Å²) in [7, 11) is 0. The highest BCUT2D eigenvalue weighted by Gasteiger charge is 2.27. The van der Waals surface area contributed by atoms with E-state index in [-0.39, 0.29) is 24.1 Å². The van der Waals surface area contributed by atoms with Crippen molar-refractivity contribution >= 4 is 16.9 Å². The highest BCUT2D eigenvalue weighted by Crippen LogP contribution is 2.42. The van der Waals surface area contributed by atoms with Crippen LogP contribution in [0.15, 0.2) is 33.5 Å². The van der Waals surface area contributed by atoms with Gasteiger partial charge in [0, 0.05) is 30.0 Å². The van der Waals surface area contributed by atoms with Crippen molar-refractivity contribution < 1.29 is 19.1 Å². The Morgan fingerprint density at radius 3 is 2.68 bits per heavy atom. The maximum atomic E-state index is 11.8. The number of hydrogen-bond acceptors (Lipinski definition) is 6. The van der Waals surface area contributed by atoms with Crippen LogP contribution in [0.3, 0.4) is 0 Å². The number of rotatable bonds is 7. The first-order valence-corrected chi connectivity index (χ1v) is 9.90. The molecule has 1 saturated heterocycles. The molecule has 7 nitrogen and oxygen atoms in total. The summed E-state index contributed by atoms with van der Waals surface area (Å²) >= 11 is 0. The number of likely N-dealkylation sites (tertiary alicyclic amines) is 1. The van der Waals surface area contributed by atoms with Crippen LogP contribution in [-0.2, 0) is 4.79 Å². The number of nitrogens with zero attached hydrogens (tertiary/aromatic N) is 1. The van der Waals surface area contributed by atoms with E-state index in [0.717, 1.165) is 49.7 Å². The Hall–Kier alpha value is -2.38. The second-order valence-corrected chi connectivity index (χ2v) is 7.90. The highest BCUT2D eigenvalue weighted by molar-refractivity contribution is 5.82. The molecule has 1 amide bonds. The lowest BCUT2D eigenvalue weighted by molar-refractivity contribution is -0.123. The van der Waals surface area contributed by atoms with Gasteiger partial charge in [-0.1, -0.05) is 0 Å². The van der Waals surface area contributed by atoms with E-state index < -0.39 is 6.10 Å². The summed E-state index contributed by atoms with van der Waals surface area (Å²) in [6.07, 6.45) is 3.04. The Bertz CT molecular complexity index is 913. The molecule has 1 saturated carbocycles. The minimum absolute atomic E-state index is 0.0579. The van der Waals surface area contributed by atoms with E-state index in [1.807, 2.05) is 12.1 Å². The number of aliphatic hydroxyl groups excluding tert-OH is 1. The van der Waals surface area contributed by atoms with Gasteiger partial charge in [-0.15, -0.1) is 0 Å². The molecular weight excluding hydrogens is 360 g/mol. The van der Waals surface area contributed by atoms with Crippen molar-refractivity contribution in [1.29, 1.82) is 0 Å². The van der Waals surface area contributed by atoms with Gasteiger partial charge in [-0.2, -0.15) is 0 Å². The van der Waals surface area contributed by atoms with Crippen molar-refractivity contribution in [2.24, 2.45) is 11.7 Å². The summed E-state index contributed by atoms with van der Waals surface area (Å²) in [6, 6.07) is 7.07. The van der Waals surface area contributed by atoms with Gasteiger partial charge in [-0.3, -0.25) is 4.79 Å². The molecule has 4 rings (SSSR count). The second-order valence-electron chi connectivity index (χ2n) is 7.90. The number of benzene rings is 1. The van der Waals surface area contributed by atoms with Crippen LogP contribution in [0.4, 0.5) is 0 Å². The van der Waals surface area contributed by atoms with E-state index in [0.29, 0.717) is 23.8 Å². The van der Waals surface area contributed by atoms with Gasteiger partial charge in [0.2, 0.25) is 5.91 Å². The standard InChI is InChI=1S/C21H26N2O5/c22-21(26)14-5-7-23(8-6-14)11-15(24)12-27-16-3-4-17-18(13-1-2-13)10-20(25)28-19(17)9-16/h3-4,9-10,13-15,24H,1-2,5-8,11-12H2,(H2,22,26). The largest absolute Gasteiger partial charge is 0.491 e.